The molecule has 0 bridgehead atoms. The first-order valence-electron chi connectivity index (χ1n) is 19.6. The molecule has 0 heterocycles. The van der Waals surface area contributed by atoms with Crippen LogP contribution in [0.5, 0.6) is 0 Å². The van der Waals surface area contributed by atoms with Gasteiger partial charge in [0.15, 0.2) is 0 Å². The van der Waals surface area contributed by atoms with E-state index in [9.17, 15) is 9.59 Å². The minimum atomic E-state index is -0.847. The summed E-state index contributed by atoms with van der Waals surface area (Å²) < 4.78 is 10.9. The highest BCUT2D eigenvalue weighted by atomic mass is 35.5. The van der Waals surface area contributed by atoms with Crippen LogP contribution in [0.15, 0.2) is 0 Å². The third-order valence-electron chi connectivity index (χ3n) is 8.84. The quantitative estimate of drug-likeness (QED) is 0.0295. The van der Waals surface area contributed by atoms with Gasteiger partial charge in [-0.1, -0.05) is 194 Å². The Bertz CT molecular complexity index is 549. The first-order chi connectivity index (χ1) is 21.6. The number of rotatable bonds is 36. The summed E-state index contributed by atoms with van der Waals surface area (Å²) in [6.07, 6.45) is 39.2. The van der Waals surface area contributed by atoms with E-state index >= 15 is 0 Å². The van der Waals surface area contributed by atoms with Crippen molar-refractivity contribution in [1.29, 1.82) is 0 Å². The van der Waals surface area contributed by atoms with E-state index < -0.39 is 6.29 Å². The number of ether oxygens (including phenoxy) is 2. The highest BCUT2D eigenvalue weighted by Crippen LogP contribution is 2.16. The topological polar surface area (TPSA) is 52.6 Å². The first kappa shape index (κ1) is 43.2. The summed E-state index contributed by atoms with van der Waals surface area (Å²) >= 11 is 5.87. The molecule has 44 heavy (non-hydrogen) atoms. The molecule has 0 rings (SSSR count). The normalized spacial score (nSPS) is 11.4. The summed E-state index contributed by atoms with van der Waals surface area (Å²) in [7, 11) is 0. The maximum Gasteiger partial charge on any atom is 0.308 e. The Kier molecular flexibility index (Phi) is 36.1. The van der Waals surface area contributed by atoms with Gasteiger partial charge in [-0.25, -0.2) is 0 Å². The summed E-state index contributed by atoms with van der Waals surface area (Å²) in [6, 6.07) is 0. The minimum Gasteiger partial charge on any atom is -0.425 e. The molecule has 0 aromatic heterocycles. The van der Waals surface area contributed by atoms with Crippen molar-refractivity contribution in [1.82, 2.24) is 0 Å². The monoisotopic (exact) mass is 643 g/mol. The lowest BCUT2D eigenvalue weighted by atomic mass is 10.0. The molecule has 0 spiro atoms. The van der Waals surface area contributed by atoms with Gasteiger partial charge in [-0.2, -0.15) is 0 Å². The molecule has 0 N–H and O–H groups in total. The fourth-order valence-corrected chi connectivity index (χ4v) is 6.10. The Balaban J connectivity index is 3.61. The third-order valence-corrected chi connectivity index (χ3v) is 9.06. The highest BCUT2D eigenvalue weighted by molar-refractivity contribution is 6.17. The Morgan fingerprint density at radius 3 is 0.864 bits per heavy atom. The number of esters is 2. The summed E-state index contributed by atoms with van der Waals surface area (Å²) in [4.78, 5) is 24.6. The van der Waals surface area contributed by atoms with Crippen LogP contribution in [0, 0.1) is 0 Å². The summed E-state index contributed by atoms with van der Waals surface area (Å²) in [6.45, 7) is 4.55. The Hall–Kier alpha value is -0.770. The maximum absolute atomic E-state index is 12.3. The Morgan fingerprint density at radius 1 is 0.409 bits per heavy atom. The van der Waals surface area contributed by atoms with Gasteiger partial charge in [0, 0.05) is 25.1 Å². The van der Waals surface area contributed by atoms with E-state index in [1.165, 1.54) is 167 Å². The molecule has 0 amide bonds. The largest absolute Gasteiger partial charge is 0.425 e. The van der Waals surface area contributed by atoms with Crippen LogP contribution in [0.4, 0.5) is 0 Å². The summed E-state index contributed by atoms with van der Waals surface area (Å²) in [5, 5.41) is 0. The molecular formula is C39H75ClO4. The van der Waals surface area contributed by atoms with Gasteiger partial charge in [-0.3, -0.25) is 9.59 Å². The van der Waals surface area contributed by atoms with Gasteiger partial charge in [0.05, 0.1) is 0 Å². The Morgan fingerprint density at radius 2 is 0.636 bits per heavy atom. The molecule has 5 heteroatoms. The standard InChI is InChI=1S/C39H75ClO4/c1-3-5-7-9-11-13-15-17-19-21-23-25-27-29-31-33-37(41)43-39(35-36-40)44-38(42)34-32-30-28-26-24-22-20-18-16-14-12-10-8-6-4-2/h39H,3-36H2,1-2H3. The molecule has 262 valence electrons. The van der Waals surface area contributed by atoms with Crippen molar-refractivity contribution in [2.24, 2.45) is 0 Å². The lowest BCUT2D eigenvalue weighted by Crippen LogP contribution is -2.25. The molecule has 4 nitrogen and oxygen atoms in total. The molecule has 0 aliphatic heterocycles. The number of carbonyl (C=O) groups is 2. The van der Waals surface area contributed by atoms with Crippen LogP contribution in [0.1, 0.15) is 226 Å². The van der Waals surface area contributed by atoms with Crippen LogP contribution < -0.4 is 0 Å². The van der Waals surface area contributed by atoms with Gasteiger partial charge in [0.25, 0.3) is 0 Å². The van der Waals surface area contributed by atoms with Crippen molar-refractivity contribution >= 4 is 23.5 Å². The van der Waals surface area contributed by atoms with E-state index in [-0.39, 0.29) is 11.9 Å². The van der Waals surface area contributed by atoms with Crippen molar-refractivity contribution in [2.45, 2.75) is 232 Å². The highest BCUT2D eigenvalue weighted by Gasteiger charge is 2.18. The number of alkyl halides is 1. The SMILES string of the molecule is CCCCCCCCCCCCCCCCCC(=O)OC(CCCl)OC(=O)CCCCCCCCCCCCCCCCC. The second-order valence-corrected chi connectivity index (χ2v) is 13.7. The van der Waals surface area contributed by atoms with Crippen molar-refractivity contribution in [3.05, 3.63) is 0 Å². The zero-order chi connectivity index (χ0) is 32.2. The van der Waals surface area contributed by atoms with E-state index in [0.717, 1.165) is 25.7 Å². The zero-order valence-corrected chi connectivity index (χ0v) is 30.4. The average Bonchev–Trinajstić information content (AvgIpc) is 3.01. The predicted octanol–water partition coefficient (Wildman–Crippen LogP) is 13.6. The third kappa shape index (κ3) is 34.1. The predicted molar refractivity (Wildman–Crippen MR) is 190 cm³/mol. The van der Waals surface area contributed by atoms with Gasteiger partial charge >= 0.3 is 11.9 Å². The molecule has 0 unspecified atom stereocenters. The molecule has 0 atom stereocenters. The molecule has 0 aliphatic carbocycles. The summed E-state index contributed by atoms with van der Waals surface area (Å²) in [5.74, 6) is -0.271. The maximum atomic E-state index is 12.3. The van der Waals surface area contributed by atoms with E-state index in [2.05, 4.69) is 13.8 Å². The van der Waals surface area contributed by atoms with Gasteiger partial charge < -0.3 is 9.47 Å². The van der Waals surface area contributed by atoms with Crippen molar-refractivity contribution in [3.8, 4) is 0 Å². The van der Waals surface area contributed by atoms with Crippen LogP contribution in [0.2, 0.25) is 0 Å². The minimum absolute atomic E-state index is 0.283. The summed E-state index contributed by atoms with van der Waals surface area (Å²) in [5.41, 5.74) is 0. The molecular weight excluding hydrogens is 568 g/mol. The fraction of sp³-hybridized carbons (Fsp3) is 0.949. The van der Waals surface area contributed by atoms with E-state index in [1.54, 1.807) is 0 Å². The Labute approximate surface area is 279 Å². The number of carbonyl (C=O) groups excluding carboxylic acids is 2. The smallest absolute Gasteiger partial charge is 0.308 e. The van der Waals surface area contributed by atoms with Crippen LogP contribution in [0.3, 0.4) is 0 Å². The first-order valence-corrected chi connectivity index (χ1v) is 20.1. The van der Waals surface area contributed by atoms with Crippen molar-refractivity contribution in [3.63, 3.8) is 0 Å². The van der Waals surface area contributed by atoms with Gasteiger partial charge in [-0.15, -0.1) is 11.6 Å². The van der Waals surface area contributed by atoms with Crippen molar-refractivity contribution in [2.75, 3.05) is 5.88 Å². The molecule has 0 saturated heterocycles. The second-order valence-electron chi connectivity index (χ2n) is 13.3. The van der Waals surface area contributed by atoms with Crippen LogP contribution in [-0.2, 0) is 19.1 Å². The van der Waals surface area contributed by atoms with Crippen LogP contribution in [-0.4, -0.2) is 24.1 Å². The number of halogens is 1. The zero-order valence-electron chi connectivity index (χ0n) is 29.6. The number of hydrogen-bond acceptors (Lipinski definition) is 4. The molecule has 0 aliphatic rings. The van der Waals surface area contributed by atoms with Crippen LogP contribution >= 0.6 is 11.6 Å². The lowest BCUT2D eigenvalue weighted by molar-refractivity contribution is -0.188. The number of unbranched alkanes of at least 4 members (excludes halogenated alkanes) is 28. The second kappa shape index (κ2) is 36.7. The van der Waals surface area contributed by atoms with Gasteiger partial charge in [0.1, 0.15) is 0 Å². The van der Waals surface area contributed by atoms with E-state index in [4.69, 9.17) is 21.1 Å². The van der Waals surface area contributed by atoms with Crippen molar-refractivity contribution < 1.29 is 19.1 Å². The lowest BCUT2D eigenvalue weighted by Gasteiger charge is -2.17. The van der Waals surface area contributed by atoms with Crippen LogP contribution in [0.25, 0.3) is 0 Å². The number of hydrogen-bond donors (Lipinski definition) is 0. The molecule has 0 aromatic carbocycles. The van der Waals surface area contributed by atoms with E-state index in [1.807, 2.05) is 0 Å². The van der Waals surface area contributed by atoms with E-state index in [0.29, 0.717) is 25.1 Å². The molecule has 0 radical (unpaired) electrons. The molecule has 0 fully saturated rings. The molecule has 0 aromatic rings. The molecule has 0 saturated carbocycles. The fourth-order valence-electron chi connectivity index (χ4n) is 5.92. The van der Waals surface area contributed by atoms with Gasteiger partial charge in [0.2, 0.25) is 6.29 Å². The van der Waals surface area contributed by atoms with Gasteiger partial charge in [-0.05, 0) is 12.8 Å². The average molecular weight is 643 g/mol.